The minimum absolute atomic E-state index is 0.0471. The molecule has 1 aromatic heterocycles. The Bertz CT molecular complexity index is 480. The van der Waals surface area contributed by atoms with E-state index in [1.165, 1.54) is 11.8 Å². The van der Waals surface area contributed by atoms with Crippen LogP contribution in [-0.4, -0.2) is 16.8 Å². The third-order valence-electron chi connectivity index (χ3n) is 1.99. The molecule has 1 aromatic carbocycles. The van der Waals surface area contributed by atoms with E-state index in [1.807, 2.05) is 17.5 Å². The number of hydrogen-bond donors (Lipinski definition) is 2. The van der Waals surface area contributed by atoms with Gasteiger partial charge in [-0.25, -0.2) is 0 Å². The van der Waals surface area contributed by atoms with Gasteiger partial charge in [-0.3, -0.25) is 4.79 Å². The lowest BCUT2D eigenvalue weighted by molar-refractivity contribution is -0.113. The molecular weight excluding hydrogens is 254 g/mol. The van der Waals surface area contributed by atoms with Gasteiger partial charge in [0.05, 0.1) is 9.96 Å². The smallest absolute Gasteiger partial charge is 0.234 e. The summed E-state index contributed by atoms with van der Waals surface area (Å²) in [6.45, 7) is 0. The molecule has 0 saturated carbocycles. The summed E-state index contributed by atoms with van der Waals surface area (Å²) >= 11 is 3.14. The Kier molecular flexibility index (Phi) is 4.06. The van der Waals surface area contributed by atoms with Crippen LogP contribution in [0.15, 0.2) is 46.0 Å². The molecule has 88 valence electrons. The maximum Gasteiger partial charge on any atom is 0.234 e. The number of nitrogens with one attached hydrogen (secondary N) is 1. The average Bonchev–Trinajstić information content (AvgIpc) is 2.83. The molecule has 2 aromatic rings. The molecule has 0 aliphatic carbocycles. The number of amides is 1. The van der Waals surface area contributed by atoms with Crippen LogP contribution in [0.3, 0.4) is 0 Å². The van der Waals surface area contributed by atoms with Gasteiger partial charge in [0.15, 0.2) is 0 Å². The highest BCUT2D eigenvalue weighted by Crippen LogP contribution is 2.23. The number of aromatic hydroxyl groups is 1. The minimum Gasteiger partial charge on any atom is -0.508 e. The lowest BCUT2D eigenvalue weighted by atomic mass is 10.3. The number of phenolic OH excluding ortho intramolecular Hbond substituents is 1. The van der Waals surface area contributed by atoms with E-state index in [-0.39, 0.29) is 11.7 Å². The summed E-state index contributed by atoms with van der Waals surface area (Å²) in [5, 5.41) is 13.9. The fourth-order valence-electron chi connectivity index (χ4n) is 1.22. The third-order valence-corrected chi connectivity index (χ3v) is 4.12. The van der Waals surface area contributed by atoms with Gasteiger partial charge in [-0.1, -0.05) is 6.07 Å². The van der Waals surface area contributed by atoms with Gasteiger partial charge in [-0.2, -0.15) is 0 Å². The highest BCUT2D eigenvalue weighted by molar-refractivity contribution is 8.01. The zero-order valence-electron chi connectivity index (χ0n) is 8.92. The first-order valence-electron chi connectivity index (χ1n) is 4.99. The maximum absolute atomic E-state index is 11.6. The van der Waals surface area contributed by atoms with Crippen molar-refractivity contribution in [3.8, 4) is 5.75 Å². The predicted octanol–water partition coefficient (Wildman–Crippen LogP) is 3.18. The molecule has 0 unspecified atom stereocenters. The van der Waals surface area contributed by atoms with Crippen LogP contribution in [0.2, 0.25) is 0 Å². The number of phenols is 1. The summed E-state index contributed by atoms with van der Waals surface area (Å²) in [6.07, 6.45) is 0. The van der Waals surface area contributed by atoms with E-state index in [2.05, 4.69) is 5.32 Å². The van der Waals surface area contributed by atoms with Gasteiger partial charge < -0.3 is 10.4 Å². The van der Waals surface area contributed by atoms with Gasteiger partial charge in [0.2, 0.25) is 5.91 Å². The van der Waals surface area contributed by atoms with E-state index in [9.17, 15) is 4.79 Å². The molecule has 0 spiro atoms. The number of thioether (sulfide) groups is 1. The lowest BCUT2D eigenvalue weighted by Gasteiger charge is -2.04. The van der Waals surface area contributed by atoms with E-state index >= 15 is 0 Å². The summed E-state index contributed by atoms with van der Waals surface area (Å²) < 4.78 is 1.13. The average molecular weight is 265 g/mol. The summed E-state index contributed by atoms with van der Waals surface area (Å²) in [5.74, 6) is 0.534. The molecule has 0 radical (unpaired) electrons. The van der Waals surface area contributed by atoms with Crippen LogP contribution in [0.25, 0.3) is 0 Å². The zero-order valence-corrected chi connectivity index (χ0v) is 10.6. The summed E-state index contributed by atoms with van der Waals surface area (Å²) in [5.41, 5.74) is 0.694. The van der Waals surface area contributed by atoms with E-state index in [4.69, 9.17) is 5.11 Å². The van der Waals surface area contributed by atoms with Gasteiger partial charge in [-0.15, -0.1) is 23.1 Å². The zero-order chi connectivity index (χ0) is 12.1. The molecule has 2 rings (SSSR count). The summed E-state index contributed by atoms with van der Waals surface area (Å²) in [4.78, 5) is 11.6. The van der Waals surface area contributed by atoms with E-state index < -0.39 is 0 Å². The van der Waals surface area contributed by atoms with Crippen LogP contribution in [0, 0.1) is 0 Å². The summed E-state index contributed by atoms with van der Waals surface area (Å²) in [6, 6.07) is 10.4. The molecular formula is C12H11NO2S2. The number of anilines is 1. The molecule has 5 heteroatoms. The number of benzene rings is 1. The molecule has 0 bridgehead atoms. The molecule has 0 atom stereocenters. The van der Waals surface area contributed by atoms with E-state index in [0.29, 0.717) is 11.4 Å². The van der Waals surface area contributed by atoms with Crippen LogP contribution in [0.4, 0.5) is 5.69 Å². The second kappa shape index (κ2) is 5.75. The number of rotatable bonds is 4. The number of carbonyl (C=O) groups excluding carboxylic acids is 1. The minimum atomic E-state index is -0.0471. The van der Waals surface area contributed by atoms with Gasteiger partial charge in [0.1, 0.15) is 5.75 Å². The normalized spacial score (nSPS) is 10.1. The van der Waals surface area contributed by atoms with Crippen molar-refractivity contribution < 1.29 is 9.90 Å². The van der Waals surface area contributed by atoms with Crippen LogP contribution in [0.1, 0.15) is 0 Å². The molecule has 1 heterocycles. The first-order valence-corrected chi connectivity index (χ1v) is 6.86. The monoisotopic (exact) mass is 265 g/mol. The third kappa shape index (κ3) is 3.80. The number of thiophene rings is 1. The molecule has 0 fully saturated rings. The Morgan fingerprint density at radius 2 is 2.06 bits per heavy atom. The van der Waals surface area contributed by atoms with Crippen LogP contribution < -0.4 is 5.32 Å². The van der Waals surface area contributed by atoms with Crippen molar-refractivity contribution in [1.82, 2.24) is 0 Å². The van der Waals surface area contributed by atoms with Crippen LogP contribution in [-0.2, 0) is 4.79 Å². The highest BCUT2D eigenvalue weighted by Gasteiger charge is 2.04. The Morgan fingerprint density at radius 1 is 1.29 bits per heavy atom. The molecule has 1 amide bonds. The van der Waals surface area contributed by atoms with Crippen molar-refractivity contribution in [2.45, 2.75) is 4.21 Å². The van der Waals surface area contributed by atoms with E-state index in [0.717, 1.165) is 4.21 Å². The van der Waals surface area contributed by atoms with Crippen molar-refractivity contribution in [1.29, 1.82) is 0 Å². The van der Waals surface area contributed by atoms with E-state index in [1.54, 1.807) is 35.6 Å². The second-order valence-electron chi connectivity index (χ2n) is 3.32. The molecule has 0 aliphatic rings. The second-order valence-corrected chi connectivity index (χ2v) is 5.54. The van der Waals surface area contributed by atoms with Crippen molar-refractivity contribution >= 4 is 34.7 Å². The number of hydrogen-bond acceptors (Lipinski definition) is 4. The van der Waals surface area contributed by atoms with Crippen molar-refractivity contribution in [3.05, 3.63) is 41.8 Å². The van der Waals surface area contributed by atoms with Gasteiger partial charge >= 0.3 is 0 Å². The maximum atomic E-state index is 11.6. The summed E-state index contributed by atoms with van der Waals surface area (Å²) in [7, 11) is 0. The van der Waals surface area contributed by atoms with Crippen molar-refractivity contribution in [3.63, 3.8) is 0 Å². The highest BCUT2D eigenvalue weighted by atomic mass is 32.2. The standard InChI is InChI=1S/C12H11NO2S2/c14-10-5-3-9(4-6-10)13-11(15)8-17-12-2-1-7-16-12/h1-7,14H,8H2,(H,13,15). The first kappa shape index (κ1) is 12.0. The first-order chi connectivity index (χ1) is 8.24. The fraction of sp³-hybridized carbons (Fsp3) is 0.0833. The molecule has 0 aliphatic heterocycles. The Morgan fingerprint density at radius 3 is 2.71 bits per heavy atom. The van der Waals surface area contributed by atoms with Gasteiger partial charge in [-0.05, 0) is 35.7 Å². The van der Waals surface area contributed by atoms with Gasteiger partial charge in [0, 0.05) is 5.69 Å². The number of carbonyl (C=O) groups is 1. The van der Waals surface area contributed by atoms with Crippen molar-refractivity contribution in [2.24, 2.45) is 0 Å². The molecule has 3 nitrogen and oxygen atoms in total. The Hall–Kier alpha value is -1.46. The Balaban J connectivity index is 1.83. The largest absolute Gasteiger partial charge is 0.508 e. The SMILES string of the molecule is O=C(CSc1cccs1)Nc1ccc(O)cc1. The molecule has 0 saturated heterocycles. The Labute approximate surface area is 107 Å². The predicted molar refractivity (Wildman–Crippen MR) is 71.8 cm³/mol. The molecule has 2 N–H and O–H groups in total. The lowest BCUT2D eigenvalue weighted by Crippen LogP contribution is -2.13. The quantitative estimate of drug-likeness (QED) is 0.659. The molecule has 17 heavy (non-hydrogen) atoms. The van der Waals surface area contributed by atoms with Crippen LogP contribution in [0.5, 0.6) is 5.75 Å². The van der Waals surface area contributed by atoms with Crippen LogP contribution >= 0.6 is 23.1 Å². The topological polar surface area (TPSA) is 49.3 Å². The van der Waals surface area contributed by atoms with Gasteiger partial charge in [0.25, 0.3) is 0 Å². The van der Waals surface area contributed by atoms with Crippen molar-refractivity contribution in [2.75, 3.05) is 11.1 Å². The fourth-order valence-corrected chi connectivity index (χ4v) is 2.81.